The van der Waals surface area contributed by atoms with Crippen LogP contribution in [0.5, 0.6) is 0 Å². The number of pyridine rings is 1. The van der Waals surface area contributed by atoms with Gasteiger partial charge in [0.2, 0.25) is 0 Å². The van der Waals surface area contributed by atoms with Crippen LogP contribution in [-0.4, -0.2) is 77.2 Å². The maximum absolute atomic E-state index is 14.7. The van der Waals surface area contributed by atoms with E-state index in [0.29, 0.717) is 6.07 Å². The molecule has 4 amide bonds. The second-order valence-electron chi connectivity index (χ2n) is 9.07. The van der Waals surface area contributed by atoms with E-state index in [0.717, 1.165) is 39.9 Å². The number of carbonyl (C=O) groups is 3. The first kappa shape index (κ1) is 27.4. The Bertz CT molecular complexity index is 1300. The summed E-state index contributed by atoms with van der Waals surface area (Å²) in [6.07, 6.45) is -5.89. The Morgan fingerprint density at radius 2 is 1.84 bits per heavy atom. The van der Waals surface area contributed by atoms with E-state index in [9.17, 15) is 36.3 Å². The Morgan fingerprint density at radius 3 is 2.45 bits per heavy atom. The molecule has 0 aliphatic carbocycles. The summed E-state index contributed by atoms with van der Waals surface area (Å²) in [5, 5.41) is 8.18. The lowest BCUT2D eigenvalue weighted by Gasteiger charge is -2.38. The smallest absolute Gasteiger partial charge is 0.416 e. The number of carboxylic acid groups (broad SMARTS) is 1. The van der Waals surface area contributed by atoms with Gasteiger partial charge in [-0.25, -0.2) is 23.4 Å². The lowest BCUT2D eigenvalue weighted by atomic mass is 10.0. The highest BCUT2D eigenvalue weighted by Gasteiger charge is 2.47. The maximum Gasteiger partial charge on any atom is 0.416 e. The molecule has 38 heavy (non-hydrogen) atoms. The first-order valence-electron chi connectivity index (χ1n) is 11.2. The van der Waals surface area contributed by atoms with Crippen LogP contribution in [0.25, 0.3) is 0 Å². The fraction of sp³-hybridized carbons (Fsp3) is 0.391. The quantitative estimate of drug-likeness (QED) is 0.435. The summed E-state index contributed by atoms with van der Waals surface area (Å²) < 4.78 is 68.8. The van der Waals surface area contributed by atoms with E-state index in [1.165, 1.54) is 11.8 Å². The van der Waals surface area contributed by atoms with Gasteiger partial charge in [0.15, 0.2) is 5.82 Å². The molecule has 2 aliphatic rings. The third kappa shape index (κ3) is 5.04. The predicted molar refractivity (Wildman–Crippen MR) is 125 cm³/mol. The molecule has 1 aromatic carbocycles. The number of urea groups is 1. The molecule has 0 spiro atoms. The van der Waals surface area contributed by atoms with Crippen molar-refractivity contribution in [1.82, 2.24) is 14.8 Å². The Hall–Kier alpha value is -3.68. The molecule has 204 valence electrons. The second kappa shape index (κ2) is 9.89. The van der Waals surface area contributed by atoms with Gasteiger partial charge in [-0.3, -0.25) is 9.69 Å². The summed E-state index contributed by atoms with van der Waals surface area (Å²) in [5.74, 6) is -3.87. The number of alkyl halides is 3. The monoisotopic (exact) mass is 561 g/mol. The van der Waals surface area contributed by atoms with Crippen molar-refractivity contribution in [1.29, 1.82) is 0 Å². The van der Waals surface area contributed by atoms with Gasteiger partial charge in [-0.05, 0) is 31.2 Å². The minimum absolute atomic E-state index is 0.0291. The van der Waals surface area contributed by atoms with Gasteiger partial charge in [-0.15, -0.1) is 0 Å². The van der Waals surface area contributed by atoms with Gasteiger partial charge in [-0.2, -0.15) is 13.2 Å². The molecule has 2 fully saturated rings. The summed E-state index contributed by atoms with van der Waals surface area (Å²) in [7, 11) is 1.15. The van der Waals surface area contributed by atoms with Crippen molar-refractivity contribution >= 4 is 41.1 Å². The zero-order chi connectivity index (χ0) is 28.1. The van der Waals surface area contributed by atoms with Crippen LogP contribution in [-0.2, 0) is 11.0 Å². The van der Waals surface area contributed by atoms with E-state index in [1.807, 2.05) is 0 Å². The summed E-state index contributed by atoms with van der Waals surface area (Å²) >= 11 is 5.63. The van der Waals surface area contributed by atoms with Crippen molar-refractivity contribution in [2.24, 2.45) is 5.92 Å². The highest BCUT2D eigenvalue weighted by Crippen LogP contribution is 2.35. The molecule has 15 heteroatoms. The molecule has 1 aromatic heterocycles. The molecule has 1 atom stereocenters. The number of anilines is 2. The molecular formula is C23H21ClF5N5O4. The Labute approximate surface area is 218 Å². The van der Waals surface area contributed by atoms with Crippen LogP contribution in [0.3, 0.4) is 0 Å². The molecule has 2 aliphatic heterocycles. The topological polar surface area (TPSA) is 97.3 Å². The van der Waals surface area contributed by atoms with E-state index in [2.05, 4.69) is 4.98 Å². The van der Waals surface area contributed by atoms with Crippen molar-refractivity contribution in [3.8, 4) is 0 Å². The number of hydrogen-bond acceptors (Lipinski definition) is 4. The Balaban J connectivity index is 1.69. The molecule has 0 radical (unpaired) electrons. The molecule has 0 unspecified atom stereocenters. The van der Waals surface area contributed by atoms with E-state index in [-0.39, 0.29) is 37.8 Å². The molecule has 2 saturated heterocycles. The highest BCUT2D eigenvalue weighted by atomic mass is 35.5. The van der Waals surface area contributed by atoms with Crippen molar-refractivity contribution < 1.29 is 41.4 Å². The van der Waals surface area contributed by atoms with Gasteiger partial charge in [0.05, 0.1) is 17.8 Å². The molecule has 9 nitrogen and oxygen atoms in total. The summed E-state index contributed by atoms with van der Waals surface area (Å²) in [6, 6.07) is 0.983. The van der Waals surface area contributed by atoms with Crippen LogP contribution in [0.4, 0.5) is 43.0 Å². The number of likely N-dealkylation sites (N-methyl/N-ethyl adjacent to an activating group) is 1. The first-order valence-corrected chi connectivity index (χ1v) is 11.6. The number of nitrogens with zero attached hydrogens (tertiary/aromatic N) is 5. The molecular weight excluding hydrogens is 541 g/mol. The van der Waals surface area contributed by atoms with Crippen LogP contribution < -0.4 is 9.80 Å². The van der Waals surface area contributed by atoms with Crippen LogP contribution >= 0.6 is 11.6 Å². The molecule has 2 aromatic rings. The number of rotatable bonds is 5. The van der Waals surface area contributed by atoms with Gasteiger partial charge in [-0.1, -0.05) is 11.6 Å². The third-order valence-electron chi connectivity index (χ3n) is 6.39. The third-order valence-corrected chi connectivity index (χ3v) is 6.74. The SMILES string of the molecule is Cc1cc(C(F)(F)F)cc(N2C(=O)N(CC3CN(C(=O)O)C3)C[C@H]2C(=O)N(C)c2ccc(F)c(Cl)c2F)n1. The van der Waals surface area contributed by atoms with Crippen molar-refractivity contribution in [3.63, 3.8) is 0 Å². The molecule has 0 bridgehead atoms. The zero-order valence-corrected chi connectivity index (χ0v) is 20.7. The number of benzene rings is 1. The maximum atomic E-state index is 14.7. The molecule has 3 heterocycles. The number of amides is 4. The average Bonchev–Trinajstić information content (AvgIpc) is 3.13. The summed E-state index contributed by atoms with van der Waals surface area (Å²) in [5.41, 5.74) is -1.55. The van der Waals surface area contributed by atoms with Gasteiger partial charge < -0.3 is 19.8 Å². The highest BCUT2D eigenvalue weighted by molar-refractivity contribution is 6.31. The molecule has 4 rings (SSSR count). The summed E-state index contributed by atoms with van der Waals surface area (Å²) in [6.45, 7) is 1.31. The van der Waals surface area contributed by atoms with Crippen LogP contribution in [0.15, 0.2) is 24.3 Å². The number of aryl methyl sites for hydroxylation is 1. The largest absolute Gasteiger partial charge is 0.465 e. The predicted octanol–water partition coefficient (Wildman–Crippen LogP) is 4.22. The minimum Gasteiger partial charge on any atom is -0.465 e. The fourth-order valence-electron chi connectivity index (χ4n) is 4.46. The lowest BCUT2D eigenvalue weighted by Crippen LogP contribution is -2.53. The van der Waals surface area contributed by atoms with E-state index >= 15 is 0 Å². The lowest BCUT2D eigenvalue weighted by molar-refractivity contribution is -0.137. The Kier molecular flexibility index (Phi) is 7.12. The fourth-order valence-corrected chi connectivity index (χ4v) is 4.62. The van der Waals surface area contributed by atoms with E-state index < -0.39 is 64.0 Å². The second-order valence-corrected chi connectivity index (χ2v) is 9.45. The molecule has 1 N–H and O–H groups in total. The van der Waals surface area contributed by atoms with E-state index in [4.69, 9.17) is 16.7 Å². The normalized spacial score (nSPS) is 18.2. The number of hydrogen-bond donors (Lipinski definition) is 1. The van der Waals surface area contributed by atoms with Crippen LogP contribution in [0, 0.1) is 24.5 Å². The number of halogens is 6. The molecule has 0 saturated carbocycles. The zero-order valence-electron chi connectivity index (χ0n) is 20.0. The van der Waals surface area contributed by atoms with Gasteiger partial charge in [0.1, 0.15) is 22.7 Å². The van der Waals surface area contributed by atoms with Gasteiger partial charge >= 0.3 is 18.3 Å². The van der Waals surface area contributed by atoms with Crippen LogP contribution in [0.1, 0.15) is 11.3 Å². The van der Waals surface area contributed by atoms with Crippen molar-refractivity contribution in [2.75, 3.05) is 43.0 Å². The van der Waals surface area contributed by atoms with E-state index in [1.54, 1.807) is 0 Å². The number of aromatic nitrogens is 1. The standard InChI is InChI=1S/C23H21ClF5N5O4/c1-11-5-13(23(27,28)29)6-17(30-11)34-16(10-32(21(34)36)7-12-8-33(9-12)22(37)38)20(35)31(2)15-4-3-14(25)18(24)19(15)26/h3-6,12,16H,7-10H2,1-2H3,(H,37,38)/t16-/m0/s1. The number of likely N-dealkylation sites (tertiary alicyclic amines) is 1. The minimum atomic E-state index is -4.76. The van der Waals surface area contributed by atoms with Crippen LogP contribution in [0.2, 0.25) is 5.02 Å². The summed E-state index contributed by atoms with van der Waals surface area (Å²) in [4.78, 5) is 45.9. The van der Waals surface area contributed by atoms with Crippen molar-refractivity contribution in [3.05, 3.63) is 52.2 Å². The number of carbonyl (C=O) groups excluding carboxylic acids is 2. The first-order chi connectivity index (χ1) is 17.7. The average molecular weight is 562 g/mol. The Morgan fingerprint density at radius 1 is 1.18 bits per heavy atom. The van der Waals surface area contributed by atoms with Gasteiger partial charge in [0.25, 0.3) is 5.91 Å². The van der Waals surface area contributed by atoms with Crippen molar-refractivity contribution in [2.45, 2.75) is 19.1 Å². The van der Waals surface area contributed by atoms with Gasteiger partial charge in [0, 0.05) is 38.3 Å².